The highest BCUT2D eigenvalue weighted by molar-refractivity contribution is 6.01. The first-order valence-electron chi connectivity index (χ1n) is 37.1. The molecule has 3 aromatic carbocycles. The van der Waals surface area contributed by atoms with Crippen LogP contribution in [0.4, 0.5) is 0 Å². The largest absolute Gasteiger partial charge is 0.508 e. The number of phenolic OH excluding ortho intramolecular Hbond substituents is 1. The number of aliphatic hydroxyl groups excluding tert-OH is 1. The van der Waals surface area contributed by atoms with E-state index in [4.69, 9.17) is 33.8 Å². The van der Waals surface area contributed by atoms with Gasteiger partial charge in [0.2, 0.25) is 76.8 Å². The molecule has 0 spiro atoms. The van der Waals surface area contributed by atoms with Gasteiger partial charge in [-0.2, -0.15) is 0 Å². The average Bonchev–Trinajstić information content (AvgIpc) is 0.944. The second-order valence-electron chi connectivity index (χ2n) is 27.9. The number of carbonyl (C=O) groups is 13. The van der Waals surface area contributed by atoms with Crippen LogP contribution in [0.25, 0.3) is 21.8 Å². The minimum absolute atomic E-state index is 0.0387. The van der Waals surface area contributed by atoms with Crippen LogP contribution < -0.4 is 97.6 Å². The predicted molar refractivity (Wildman–Crippen MR) is 420 cm³/mol. The van der Waals surface area contributed by atoms with E-state index in [-0.39, 0.29) is 99.4 Å². The Labute approximate surface area is 663 Å². The number of fused-ring (bicyclic) bond motifs is 2. The van der Waals surface area contributed by atoms with Gasteiger partial charge in [0, 0.05) is 81.7 Å². The molecule has 116 heavy (non-hydrogen) atoms. The molecule has 42 heteroatoms. The number of aliphatic hydroxyl groups is 1. The topological polar surface area (TPSA) is 679 Å². The van der Waals surface area contributed by atoms with Crippen molar-refractivity contribution >= 4 is 111 Å². The van der Waals surface area contributed by atoms with Gasteiger partial charge in [-0.3, -0.25) is 82.5 Å². The van der Waals surface area contributed by atoms with Crippen LogP contribution in [0.1, 0.15) is 93.8 Å². The van der Waals surface area contributed by atoms with Gasteiger partial charge < -0.3 is 117 Å². The molecule has 0 aliphatic heterocycles. The maximum absolute atomic E-state index is 15.1. The summed E-state index contributed by atoms with van der Waals surface area (Å²) in [4.78, 5) is 219. The van der Waals surface area contributed by atoms with E-state index in [1.807, 2.05) is 0 Å². The molecule has 0 saturated heterocycles. The van der Waals surface area contributed by atoms with Crippen LogP contribution in [0.15, 0.2) is 109 Å². The molecule has 7 rings (SSSR count). The number of aromatic amines is 3. The molecule has 4 aromatic heterocycles. The normalized spacial score (nSPS) is 14.0. The van der Waals surface area contributed by atoms with Gasteiger partial charge in [0.1, 0.15) is 72.7 Å². The third kappa shape index (κ3) is 27.5. The minimum atomic E-state index is -1.95. The standard InChI is InChI=1S/C74H100N26O16/c1-37(2)60(70(114)99-61(39(4)101)71(115)92-50(13-9-23-85-74(79)80)64(108)91-51(62(106)81-5)20-21-57(75)103)98-69(113)53(26-41-30-86-47-11-7-6-10-45(41)47)94-68(112)56(29-58(76)104)97-67(111)55(28-43-32-83-35-88-43)96-65(109)52(25-40-15-17-44(102)18-16-40)93-66(110)54(27-42-31-82-34-87-42)95-63(107)49(12-8-22-84-73(77)78)90-59(105)33-100-36-89-48-19-14-38(3)24-46(48)72(100)116/h6-7,10-11,14-19,24,30-32,34-37,39,49-56,60-61,86,101-102H,8-9,12-13,20-23,25-29,33H2,1-5H3,(H2,75,103)(H2,76,104)(H,81,106)(H,82,87)(H,83,88)(H,90,105)(H,91,108)(H,92,115)(H,93,110)(H,94,112)(H,95,107)(H,96,109)(H,97,111)(H,98,113)(H,99,114)(H4,77,78,84)(H4,79,80,85)/t39-,49+,50+,51+,52+,53+,54+,55+,56+,60+,61+/m1/s1. The van der Waals surface area contributed by atoms with Crippen molar-refractivity contribution in [2.75, 3.05) is 20.1 Å². The van der Waals surface area contributed by atoms with E-state index in [2.05, 4.69) is 99.0 Å². The van der Waals surface area contributed by atoms with Crippen molar-refractivity contribution in [2.45, 2.75) is 171 Å². The Kier molecular flexibility index (Phi) is 33.3. The highest BCUT2D eigenvalue weighted by Crippen LogP contribution is 2.21. The molecule has 7 aromatic rings. The lowest BCUT2D eigenvalue weighted by Crippen LogP contribution is -2.63. The highest BCUT2D eigenvalue weighted by Gasteiger charge is 2.39. The number of rotatable bonds is 45. The Bertz CT molecular complexity index is 4700. The van der Waals surface area contributed by atoms with Crippen molar-refractivity contribution < 1.29 is 72.5 Å². The number of amides is 13. The second-order valence-corrected chi connectivity index (χ2v) is 27.9. The molecule has 0 unspecified atom stereocenters. The van der Waals surface area contributed by atoms with Gasteiger partial charge in [0.25, 0.3) is 5.56 Å². The van der Waals surface area contributed by atoms with Gasteiger partial charge in [-0.05, 0) is 93.3 Å². The zero-order chi connectivity index (χ0) is 84.9. The first-order chi connectivity index (χ1) is 55.2. The third-order valence-corrected chi connectivity index (χ3v) is 18.4. The number of nitrogens with zero attached hydrogens (tertiary/aromatic N) is 4. The Balaban J connectivity index is 1.14. The van der Waals surface area contributed by atoms with E-state index in [0.29, 0.717) is 27.5 Å². The van der Waals surface area contributed by atoms with Crippen molar-refractivity contribution in [3.8, 4) is 5.75 Å². The van der Waals surface area contributed by atoms with Crippen LogP contribution in [0.3, 0.4) is 0 Å². The van der Waals surface area contributed by atoms with Crippen LogP contribution in [-0.2, 0) is 94.6 Å². The van der Waals surface area contributed by atoms with Crippen LogP contribution in [0.5, 0.6) is 5.75 Å². The monoisotopic (exact) mass is 1610 g/mol. The number of nitrogens with two attached hydrogens (primary N) is 4. The molecule has 11 atom stereocenters. The summed E-state index contributed by atoms with van der Waals surface area (Å²) in [5.41, 5.74) is 24.4. The zero-order valence-electron chi connectivity index (χ0n) is 64.4. The van der Waals surface area contributed by atoms with Gasteiger partial charge in [-0.25, -0.2) is 15.0 Å². The van der Waals surface area contributed by atoms with Gasteiger partial charge in [0.05, 0.1) is 53.8 Å². The number of aryl methyl sites for hydroxylation is 1. The van der Waals surface area contributed by atoms with E-state index >= 15 is 14.4 Å². The van der Waals surface area contributed by atoms with Gasteiger partial charge in [0.15, 0.2) is 11.9 Å². The smallest absolute Gasteiger partial charge is 0.261 e. The van der Waals surface area contributed by atoms with Gasteiger partial charge in [-0.1, -0.05) is 55.8 Å². The Morgan fingerprint density at radius 1 is 0.517 bits per heavy atom. The number of para-hydroxylation sites is 1. The second kappa shape index (κ2) is 43.3. The van der Waals surface area contributed by atoms with Crippen molar-refractivity contribution in [2.24, 2.45) is 28.9 Å². The zero-order valence-corrected chi connectivity index (χ0v) is 64.4. The number of primary amides is 2. The number of guanidine groups is 2. The number of H-pyrrole nitrogens is 3. The van der Waals surface area contributed by atoms with E-state index in [0.717, 1.165) is 17.1 Å². The predicted octanol–water partition coefficient (Wildman–Crippen LogP) is -5.39. The fourth-order valence-electron chi connectivity index (χ4n) is 12.3. The molecule has 13 amide bonds. The number of hydrogen-bond acceptors (Lipinski definition) is 21. The molecular weight excluding hydrogens is 1510 g/mol. The highest BCUT2D eigenvalue weighted by atomic mass is 16.3. The maximum atomic E-state index is 15.1. The lowest BCUT2D eigenvalue weighted by atomic mass is 9.99. The number of aromatic hydroxyl groups is 1. The number of imidazole rings is 2. The Morgan fingerprint density at radius 3 is 1.53 bits per heavy atom. The summed E-state index contributed by atoms with van der Waals surface area (Å²) < 4.78 is 1.06. The van der Waals surface area contributed by atoms with Crippen molar-refractivity contribution in [1.29, 1.82) is 10.8 Å². The molecular formula is C74H100N26O16. The molecule has 0 aliphatic carbocycles. The molecule has 42 nitrogen and oxygen atoms in total. The summed E-state index contributed by atoms with van der Waals surface area (Å²) in [7, 11) is 1.29. The van der Waals surface area contributed by atoms with E-state index < -0.39 is 180 Å². The van der Waals surface area contributed by atoms with Crippen LogP contribution in [0.2, 0.25) is 0 Å². The SMILES string of the molecule is CNC(=O)[C@H](CCC(N)=O)NC(=O)[C@H](CCCNC(=N)N)NC(=O)[C@@H](NC(=O)[C@@H](NC(=O)[C@H](Cc1c[nH]c2ccccc12)NC(=O)[C@H](CC(N)=O)NC(=O)[C@H](Cc1c[nH]cn1)NC(=O)[C@H](Cc1ccc(O)cc1)NC(=O)[C@H](Cc1c[nH]cn1)NC(=O)[C@H](CCCNC(=N)N)NC(=O)Cn1cnc2ccc(C)cc2c1=O)C(C)C)[C@@H](C)O. The average molecular weight is 1610 g/mol. The summed E-state index contributed by atoms with van der Waals surface area (Å²) >= 11 is 0. The number of carbonyl (C=O) groups excluding carboxylic acids is 13. The molecule has 0 saturated carbocycles. The number of aromatic nitrogens is 7. The Morgan fingerprint density at radius 2 is 1.00 bits per heavy atom. The van der Waals surface area contributed by atoms with Crippen LogP contribution in [0, 0.1) is 23.7 Å². The Hall–Kier alpha value is -13.8. The summed E-state index contributed by atoms with van der Waals surface area (Å²) in [5.74, 6) is -14.7. The number of nitrogens with one attached hydrogen (secondary N) is 18. The lowest BCUT2D eigenvalue weighted by molar-refractivity contribution is -0.137. The third-order valence-electron chi connectivity index (χ3n) is 18.4. The molecule has 0 radical (unpaired) electrons. The molecule has 0 aliphatic rings. The number of benzene rings is 3. The van der Waals surface area contributed by atoms with Crippen LogP contribution >= 0.6 is 0 Å². The van der Waals surface area contributed by atoms with Gasteiger partial charge in [-0.15, -0.1) is 0 Å². The molecule has 622 valence electrons. The molecule has 0 bridgehead atoms. The van der Waals surface area contributed by atoms with Crippen molar-refractivity contribution in [3.05, 3.63) is 143 Å². The number of hydrogen-bond donors (Lipinski definition) is 24. The van der Waals surface area contributed by atoms with E-state index in [9.17, 15) is 63.0 Å². The van der Waals surface area contributed by atoms with E-state index in [1.165, 1.54) is 76.5 Å². The van der Waals surface area contributed by atoms with Crippen LogP contribution in [-0.4, -0.2) is 220 Å². The minimum Gasteiger partial charge on any atom is -0.508 e. The first kappa shape index (κ1) is 89.4. The summed E-state index contributed by atoms with van der Waals surface area (Å²) in [6, 6.07) is 1.13. The van der Waals surface area contributed by atoms with E-state index in [1.54, 1.807) is 55.6 Å². The van der Waals surface area contributed by atoms with Crippen molar-refractivity contribution in [3.63, 3.8) is 0 Å². The number of phenols is 1. The quantitative estimate of drug-likeness (QED) is 0.00962. The molecule has 0 fully saturated rings. The summed E-state index contributed by atoms with van der Waals surface area (Å²) in [6.45, 7) is 5.50. The number of likely N-dealkylation sites (N-methyl/N-ethyl adjacent to an activating group) is 1. The molecule has 28 N–H and O–H groups in total. The van der Waals surface area contributed by atoms with Gasteiger partial charge >= 0.3 is 0 Å². The summed E-state index contributed by atoms with van der Waals surface area (Å²) in [5, 5.41) is 70.6. The fraction of sp³-hybridized carbons (Fsp3) is 0.419. The maximum Gasteiger partial charge on any atom is 0.261 e. The first-order valence-corrected chi connectivity index (χ1v) is 37.1. The molecule has 4 heterocycles. The summed E-state index contributed by atoms with van der Waals surface area (Å²) in [6.07, 6.45) is 3.41. The lowest BCUT2D eigenvalue weighted by Gasteiger charge is -2.30. The fourth-order valence-corrected chi connectivity index (χ4v) is 12.3. The van der Waals surface area contributed by atoms with Crippen molar-refractivity contribution in [1.82, 2.24) is 104 Å².